The highest BCUT2D eigenvalue weighted by atomic mass is 79.9. The van der Waals surface area contributed by atoms with Crippen molar-refractivity contribution in [3.8, 4) is 17.2 Å². The van der Waals surface area contributed by atoms with Gasteiger partial charge in [0, 0.05) is 12.7 Å². The van der Waals surface area contributed by atoms with Crippen LogP contribution in [0.5, 0.6) is 11.5 Å². The molecule has 1 aromatic heterocycles. The van der Waals surface area contributed by atoms with E-state index >= 15 is 0 Å². The maximum atomic E-state index is 13.4. The fourth-order valence-corrected chi connectivity index (χ4v) is 5.99. The molecule has 3 aromatic rings. The maximum absolute atomic E-state index is 13.4. The van der Waals surface area contributed by atoms with E-state index in [9.17, 15) is 13.2 Å². The Morgan fingerprint density at radius 1 is 1.21 bits per heavy atom. The molecule has 0 aliphatic carbocycles. The smallest absolute Gasteiger partial charge is 0.416 e. The molecule has 11 heteroatoms. The lowest BCUT2D eigenvalue weighted by Crippen LogP contribution is -2.57. The molecule has 2 aromatic carbocycles. The molecule has 3 aliphatic rings. The van der Waals surface area contributed by atoms with E-state index in [0.29, 0.717) is 23.7 Å². The van der Waals surface area contributed by atoms with Crippen molar-refractivity contribution in [3.63, 3.8) is 0 Å². The number of imidazole rings is 1. The fourth-order valence-electron chi connectivity index (χ4n) is 5.28. The number of oxime groups is 1. The standard InChI is InChI=1S/C27H24BrF3N4O3/c1-16-13-34(15-32-16)21-8-5-17(11-23(21)36-2)10-18-4-3-9-35-25(18)33-38-26(35)20-7-6-19(27(29,30)31)12-22(20)37-14-24(26)28/h5-8,10-13,15,24H,3-4,9,14H2,1-2H3/b18-10+. The molecule has 38 heavy (non-hydrogen) atoms. The van der Waals surface area contributed by atoms with Gasteiger partial charge in [-0.25, -0.2) is 4.98 Å². The van der Waals surface area contributed by atoms with Crippen LogP contribution in [0.25, 0.3) is 11.8 Å². The zero-order valence-corrected chi connectivity index (χ0v) is 22.2. The third-order valence-electron chi connectivity index (χ3n) is 7.08. The number of amidine groups is 1. The first-order valence-corrected chi connectivity index (χ1v) is 13.0. The van der Waals surface area contributed by atoms with Crippen molar-refractivity contribution in [1.29, 1.82) is 0 Å². The number of fused-ring (bicyclic) bond motifs is 4. The van der Waals surface area contributed by atoms with Gasteiger partial charge in [-0.05, 0) is 67.3 Å². The summed E-state index contributed by atoms with van der Waals surface area (Å²) >= 11 is 3.67. The Balaban J connectivity index is 1.35. The van der Waals surface area contributed by atoms with E-state index in [1.807, 2.05) is 40.8 Å². The first-order chi connectivity index (χ1) is 18.2. The monoisotopic (exact) mass is 588 g/mol. The highest BCUT2D eigenvalue weighted by Gasteiger charge is 2.57. The van der Waals surface area contributed by atoms with Crippen LogP contribution in [-0.4, -0.2) is 45.4 Å². The van der Waals surface area contributed by atoms with Gasteiger partial charge in [0.05, 0.1) is 35.9 Å². The average Bonchev–Trinajstić information content (AvgIpc) is 3.51. The average molecular weight is 589 g/mol. The van der Waals surface area contributed by atoms with Gasteiger partial charge in [0.2, 0.25) is 0 Å². The Morgan fingerprint density at radius 2 is 2.05 bits per heavy atom. The zero-order valence-electron chi connectivity index (χ0n) is 20.6. The Morgan fingerprint density at radius 3 is 2.79 bits per heavy atom. The number of aryl methyl sites for hydroxylation is 1. The molecule has 0 saturated carbocycles. The summed E-state index contributed by atoms with van der Waals surface area (Å²) in [6.45, 7) is 2.71. The van der Waals surface area contributed by atoms with E-state index in [4.69, 9.17) is 14.3 Å². The number of nitrogens with zero attached hydrogens (tertiary/aromatic N) is 4. The van der Waals surface area contributed by atoms with Gasteiger partial charge in [-0.2, -0.15) is 13.2 Å². The Labute approximate surface area is 225 Å². The first kappa shape index (κ1) is 24.8. The number of benzene rings is 2. The minimum absolute atomic E-state index is 0.138. The van der Waals surface area contributed by atoms with Gasteiger partial charge >= 0.3 is 6.18 Å². The van der Waals surface area contributed by atoms with Gasteiger partial charge in [0.1, 0.15) is 22.9 Å². The molecular formula is C27H24BrF3N4O3. The number of piperidine rings is 1. The number of halogens is 4. The summed E-state index contributed by atoms with van der Waals surface area (Å²) in [5.41, 5.74) is 2.33. The maximum Gasteiger partial charge on any atom is 0.416 e. The van der Waals surface area contributed by atoms with Crippen LogP contribution < -0.4 is 9.47 Å². The largest absolute Gasteiger partial charge is 0.495 e. The lowest BCUT2D eigenvalue weighted by molar-refractivity contribution is -0.138. The third-order valence-corrected chi connectivity index (χ3v) is 7.97. The van der Waals surface area contributed by atoms with E-state index < -0.39 is 17.5 Å². The van der Waals surface area contributed by atoms with Crippen LogP contribution in [0.15, 0.2) is 59.7 Å². The molecule has 0 bridgehead atoms. The molecule has 2 atom stereocenters. The SMILES string of the molecule is COc1cc(/C=C2\CCCN3C2=NOC32c3ccc(C(F)(F)F)cc3OCC2Br)ccc1-n1cnc(C)c1. The molecule has 0 amide bonds. The molecule has 2 unspecified atom stereocenters. The van der Waals surface area contributed by atoms with Gasteiger partial charge in [0.25, 0.3) is 5.72 Å². The number of aromatic nitrogens is 2. The minimum atomic E-state index is -4.47. The molecule has 3 aliphatic heterocycles. The highest BCUT2D eigenvalue weighted by Crippen LogP contribution is 2.51. The van der Waals surface area contributed by atoms with Crippen LogP contribution in [0.4, 0.5) is 13.2 Å². The molecule has 198 valence electrons. The predicted octanol–water partition coefficient (Wildman–Crippen LogP) is 6.04. The van der Waals surface area contributed by atoms with Crippen LogP contribution in [0.2, 0.25) is 0 Å². The van der Waals surface area contributed by atoms with Gasteiger partial charge in [-0.1, -0.05) is 27.2 Å². The van der Waals surface area contributed by atoms with Crippen LogP contribution in [0.1, 0.15) is 35.2 Å². The lowest BCUT2D eigenvalue weighted by atomic mass is 9.90. The number of alkyl halides is 4. The first-order valence-electron chi connectivity index (χ1n) is 12.1. The summed E-state index contributed by atoms with van der Waals surface area (Å²) in [5, 5.41) is 4.47. The molecule has 0 radical (unpaired) electrons. The van der Waals surface area contributed by atoms with Gasteiger partial charge < -0.3 is 23.8 Å². The normalized spacial score (nSPS) is 23.5. The van der Waals surface area contributed by atoms with Crippen molar-refractivity contribution < 1.29 is 27.5 Å². The number of hydrogen-bond acceptors (Lipinski definition) is 6. The summed E-state index contributed by atoms with van der Waals surface area (Å²) in [6, 6.07) is 9.46. The topological polar surface area (TPSA) is 61.1 Å². The Bertz CT molecular complexity index is 1470. The Hall–Kier alpha value is -3.47. The molecule has 6 rings (SSSR count). The predicted molar refractivity (Wildman–Crippen MR) is 139 cm³/mol. The zero-order chi connectivity index (χ0) is 26.7. The minimum Gasteiger partial charge on any atom is -0.495 e. The summed E-state index contributed by atoms with van der Waals surface area (Å²) in [4.78, 5) is 12.1. The molecule has 4 heterocycles. The van der Waals surface area contributed by atoms with E-state index in [-0.39, 0.29) is 17.2 Å². The number of ether oxygens (including phenoxy) is 2. The molecule has 7 nitrogen and oxygen atoms in total. The number of methoxy groups -OCH3 is 1. The van der Waals surface area contributed by atoms with E-state index in [0.717, 1.165) is 47.5 Å². The lowest BCUT2D eigenvalue weighted by Gasteiger charge is -2.45. The molecule has 0 N–H and O–H groups in total. The van der Waals surface area contributed by atoms with Crippen molar-refractivity contribution >= 4 is 27.8 Å². The Kier molecular flexibility index (Phi) is 5.93. The fraction of sp³-hybridized carbons (Fsp3) is 0.333. The van der Waals surface area contributed by atoms with Crippen LogP contribution in [0, 0.1) is 6.92 Å². The van der Waals surface area contributed by atoms with E-state index in [1.54, 1.807) is 13.4 Å². The van der Waals surface area contributed by atoms with Gasteiger partial charge in [0.15, 0.2) is 5.84 Å². The third kappa shape index (κ3) is 3.95. The van der Waals surface area contributed by atoms with Gasteiger partial charge in [-0.15, -0.1) is 0 Å². The second-order valence-electron chi connectivity index (χ2n) is 9.47. The molecular weight excluding hydrogens is 565 g/mol. The van der Waals surface area contributed by atoms with Crippen LogP contribution in [0.3, 0.4) is 0 Å². The van der Waals surface area contributed by atoms with E-state index in [1.165, 1.54) is 6.07 Å². The summed E-state index contributed by atoms with van der Waals surface area (Å²) in [7, 11) is 1.63. The summed E-state index contributed by atoms with van der Waals surface area (Å²) in [6.07, 6.45) is 2.87. The molecule has 1 saturated heterocycles. The second kappa shape index (κ2) is 9.07. The number of rotatable bonds is 3. The van der Waals surface area contributed by atoms with Crippen LogP contribution in [-0.2, 0) is 16.7 Å². The number of hydrogen-bond donors (Lipinski definition) is 0. The highest BCUT2D eigenvalue weighted by molar-refractivity contribution is 9.09. The van der Waals surface area contributed by atoms with E-state index in [2.05, 4.69) is 32.1 Å². The summed E-state index contributed by atoms with van der Waals surface area (Å²) < 4.78 is 53.3. The van der Waals surface area contributed by atoms with Crippen molar-refractivity contribution in [2.24, 2.45) is 5.16 Å². The van der Waals surface area contributed by atoms with Crippen molar-refractivity contribution in [2.75, 3.05) is 20.3 Å². The van der Waals surface area contributed by atoms with Crippen molar-refractivity contribution in [2.45, 2.75) is 36.5 Å². The quantitative estimate of drug-likeness (QED) is 0.349. The summed E-state index contributed by atoms with van der Waals surface area (Å²) in [5.74, 6) is 1.52. The second-order valence-corrected chi connectivity index (χ2v) is 10.6. The van der Waals surface area contributed by atoms with Crippen molar-refractivity contribution in [1.82, 2.24) is 14.5 Å². The van der Waals surface area contributed by atoms with Crippen molar-refractivity contribution in [3.05, 3.63) is 76.9 Å². The molecule has 1 spiro atoms. The van der Waals surface area contributed by atoms with Gasteiger partial charge in [-0.3, -0.25) is 0 Å². The van der Waals surface area contributed by atoms with Crippen LogP contribution >= 0.6 is 15.9 Å². The molecule has 1 fully saturated rings.